The molecule has 0 radical (unpaired) electrons. The van der Waals surface area contributed by atoms with Crippen molar-refractivity contribution in [3.05, 3.63) is 47.3 Å². The van der Waals surface area contributed by atoms with Gasteiger partial charge in [0.1, 0.15) is 6.61 Å². The average molecular weight is 256 g/mol. The molecule has 0 aliphatic rings. The highest BCUT2D eigenvalue weighted by atomic mass is 16.5. The number of esters is 1. The van der Waals surface area contributed by atoms with Gasteiger partial charge >= 0.3 is 5.97 Å². The fraction of sp³-hybridized carbons (Fsp3) is 0.267. The van der Waals surface area contributed by atoms with Crippen LogP contribution in [0.5, 0.6) is 0 Å². The highest BCUT2D eigenvalue weighted by Crippen LogP contribution is 2.15. The average Bonchev–Trinajstić information content (AvgIpc) is 2.36. The Labute approximate surface area is 112 Å². The Bertz CT molecular complexity index is 662. The molecule has 0 aliphatic heterocycles. The normalized spacial score (nSPS) is 10.5. The molecule has 0 fully saturated rings. The molecule has 4 nitrogen and oxygen atoms in total. The van der Waals surface area contributed by atoms with E-state index in [0.29, 0.717) is 11.1 Å². The number of carbonyl (C=O) groups is 1. The van der Waals surface area contributed by atoms with Crippen molar-refractivity contribution in [2.75, 3.05) is 6.61 Å². The van der Waals surface area contributed by atoms with Gasteiger partial charge in [0.2, 0.25) is 0 Å². The monoisotopic (exact) mass is 256 g/mol. The maximum atomic E-state index is 11.8. The van der Waals surface area contributed by atoms with Crippen LogP contribution in [0.2, 0.25) is 0 Å². The van der Waals surface area contributed by atoms with Crippen LogP contribution in [0.25, 0.3) is 11.0 Å². The minimum Gasteiger partial charge on any atom is -0.458 e. The lowest BCUT2D eigenvalue weighted by molar-refractivity contribution is 0.0540. The fourth-order valence-electron chi connectivity index (χ4n) is 1.63. The summed E-state index contributed by atoms with van der Waals surface area (Å²) >= 11 is 0. The number of hydrogen-bond donors (Lipinski definition) is 0. The lowest BCUT2D eigenvalue weighted by atomic mass is 10.2. The van der Waals surface area contributed by atoms with E-state index < -0.39 is 0 Å². The Balaban J connectivity index is 2.33. The molecule has 0 aliphatic carbocycles. The Morgan fingerprint density at radius 3 is 2.47 bits per heavy atom. The highest BCUT2D eigenvalue weighted by Gasteiger charge is 2.09. The van der Waals surface area contributed by atoms with Gasteiger partial charge in [0.15, 0.2) is 0 Å². The van der Waals surface area contributed by atoms with Gasteiger partial charge in [-0.3, -0.25) is 0 Å². The maximum absolute atomic E-state index is 11.8. The van der Waals surface area contributed by atoms with E-state index in [0.717, 1.165) is 22.5 Å². The summed E-state index contributed by atoms with van der Waals surface area (Å²) in [5.74, 6) is -0.370. The van der Waals surface area contributed by atoms with E-state index >= 15 is 0 Å². The van der Waals surface area contributed by atoms with Crippen LogP contribution in [0.15, 0.2) is 30.4 Å². The second kappa shape index (κ2) is 5.18. The third kappa shape index (κ3) is 2.96. The molecule has 0 saturated heterocycles. The van der Waals surface area contributed by atoms with Crippen LogP contribution < -0.4 is 0 Å². The minimum atomic E-state index is -0.370. The number of aromatic nitrogens is 2. The zero-order chi connectivity index (χ0) is 14.0. The van der Waals surface area contributed by atoms with Crippen LogP contribution in [0.1, 0.15) is 28.7 Å². The molecule has 0 amide bonds. The topological polar surface area (TPSA) is 52.1 Å². The van der Waals surface area contributed by atoms with E-state index in [2.05, 4.69) is 16.5 Å². The Hall–Kier alpha value is -2.23. The van der Waals surface area contributed by atoms with Gasteiger partial charge in [-0.2, -0.15) is 0 Å². The van der Waals surface area contributed by atoms with Crippen molar-refractivity contribution in [2.24, 2.45) is 0 Å². The predicted octanol–water partition coefficient (Wildman–Crippen LogP) is 2.98. The van der Waals surface area contributed by atoms with Crippen molar-refractivity contribution < 1.29 is 9.53 Å². The molecule has 2 rings (SSSR count). The molecular formula is C15H16N2O2. The van der Waals surface area contributed by atoms with Gasteiger partial charge in [0, 0.05) is 0 Å². The molecule has 1 aromatic heterocycles. The quantitative estimate of drug-likeness (QED) is 0.625. The van der Waals surface area contributed by atoms with E-state index in [1.807, 2.05) is 20.8 Å². The number of aryl methyl sites for hydroxylation is 2. The summed E-state index contributed by atoms with van der Waals surface area (Å²) in [6.07, 6.45) is 0. The summed E-state index contributed by atoms with van der Waals surface area (Å²) < 4.78 is 5.11. The van der Waals surface area contributed by atoms with Crippen molar-refractivity contribution in [1.29, 1.82) is 0 Å². The Morgan fingerprint density at radius 2 is 1.84 bits per heavy atom. The first-order valence-corrected chi connectivity index (χ1v) is 6.04. The number of benzene rings is 1. The molecule has 0 saturated carbocycles. The molecule has 0 atom stereocenters. The second-order valence-electron chi connectivity index (χ2n) is 4.63. The third-order valence-electron chi connectivity index (χ3n) is 2.76. The number of nitrogens with zero attached hydrogens (tertiary/aromatic N) is 2. The van der Waals surface area contributed by atoms with Crippen LogP contribution in [0.3, 0.4) is 0 Å². The van der Waals surface area contributed by atoms with Crippen LogP contribution >= 0.6 is 0 Å². The Kier molecular flexibility index (Phi) is 3.60. The molecule has 98 valence electrons. The molecule has 19 heavy (non-hydrogen) atoms. The molecular weight excluding hydrogens is 240 g/mol. The number of fused-ring (bicyclic) bond motifs is 1. The molecule has 0 spiro atoms. The maximum Gasteiger partial charge on any atom is 0.338 e. The van der Waals surface area contributed by atoms with E-state index in [1.165, 1.54) is 0 Å². The van der Waals surface area contributed by atoms with Crippen molar-refractivity contribution in [3.63, 3.8) is 0 Å². The molecule has 2 aromatic rings. The summed E-state index contributed by atoms with van der Waals surface area (Å²) in [7, 11) is 0. The fourth-order valence-corrected chi connectivity index (χ4v) is 1.63. The van der Waals surface area contributed by atoms with E-state index in [9.17, 15) is 4.79 Å². The van der Waals surface area contributed by atoms with Gasteiger partial charge in [-0.25, -0.2) is 14.8 Å². The third-order valence-corrected chi connectivity index (χ3v) is 2.76. The molecule has 0 bridgehead atoms. The molecule has 1 heterocycles. The largest absolute Gasteiger partial charge is 0.458 e. The van der Waals surface area contributed by atoms with Crippen LogP contribution in [0.4, 0.5) is 0 Å². The smallest absolute Gasteiger partial charge is 0.338 e. The standard InChI is InChI=1S/C15H16N2O2/c1-9(2)8-19-15(18)12-5-6-13-14(7-12)17-11(4)10(3)16-13/h5-7H,1,8H2,2-4H3. The lowest BCUT2D eigenvalue weighted by Crippen LogP contribution is -2.07. The predicted molar refractivity (Wildman–Crippen MR) is 74.1 cm³/mol. The van der Waals surface area contributed by atoms with Gasteiger partial charge in [-0.15, -0.1) is 0 Å². The number of ether oxygens (including phenoxy) is 1. The van der Waals surface area contributed by atoms with Crippen LogP contribution in [-0.2, 0) is 4.74 Å². The summed E-state index contributed by atoms with van der Waals surface area (Å²) in [4.78, 5) is 20.7. The number of carbonyl (C=O) groups excluding carboxylic acids is 1. The Morgan fingerprint density at radius 1 is 1.21 bits per heavy atom. The van der Waals surface area contributed by atoms with Crippen LogP contribution in [0, 0.1) is 13.8 Å². The van der Waals surface area contributed by atoms with Crippen molar-refractivity contribution in [1.82, 2.24) is 9.97 Å². The first-order valence-electron chi connectivity index (χ1n) is 6.04. The van der Waals surface area contributed by atoms with Gasteiger partial charge in [-0.05, 0) is 44.5 Å². The molecule has 1 aromatic carbocycles. The summed E-state index contributed by atoms with van der Waals surface area (Å²) in [6.45, 7) is 9.55. The first-order chi connectivity index (χ1) is 8.97. The van der Waals surface area contributed by atoms with Gasteiger partial charge < -0.3 is 4.74 Å². The van der Waals surface area contributed by atoms with Crippen molar-refractivity contribution >= 4 is 17.0 Å². The van der Waals surface area contributed by atoms with Crippen molar-refractivity contribution in [3.8, 4) is 0 Å². The minimum absolute atomic E-state index is 0.232. The highest BCUT2D eigenvalue weighted by molar-refractivity contribution is 5.93. The summed E-state index contributed by atoms with van der Waals surface area (Å²) in [5.41, 5.74) is 4.52. The second-order valence-corrected chi connectivity index (χ2v) is 4.63. The lowest BCUT2D eigenvalue weighted by Gasteiger charge is -2.06. The zero-order valence-corrected chi connectivity index (χ0v) is 11.4. The summed E-state index contributed by atoms with van der Waals surface area (Å²) in [5, 5.41) is 0. The van der Waals surface area contributed by atoms with Crippen LogP contribution in [-0.4, -0.2) is 22.5 Å². The molecule has 4 heteroatoms. The summed E-state index contributed by atoms with van der Waals surface area (Å²) in [6, 6.07) is 5.19. The zero-order valence-electron chi connectivity index (χ0n) is 11.4. The molecule has 0 N–H and O–H groups in total. The molecule has 0 unspecified atom stereocenters. The van der Waals surface area contributed by atoms with Gasteiger partial charge in [0.05, 0.1) is 28.0 Å². The van der Waals surface area contributed by atoms with Crippen molar-refractivity contribution in [2.45, 2.75) is 20.8 Å². The van der Waals surface area contributed by atoms with Gasteiger partial charge in [-0.1, -0.05) is 6.58 Å². The number of rotatable bonds is 3. The first kappa shape index (κ1) is 13.2. The van der Waals surface area contributed by atoms with E-state index in [4.69, 9.17) is 4.74 Å². The van der Waals surface area contributed by atoms with Gasteiger partial charge in [0.25, 0.3) is 0 Å². The van der Waals surface area contributed by atoms with E-state index in [1.54, 1.807) is 18.2 Å². The van der Waals surface area contributed by atoms with E-state index in [-0.39, 0.29) is 12.6 Å². The number of hydrogen-bond acceptors (Lipinski definition) is 4. The SMILES string of the molecule is C=C(C)COC(=O)c1ccc2nc(C)c(C)nc2c1.